The predicted molar refractivity (Wildman–Crippen MR) is 175 cm³/mol. The fourth-order valence-corrected chi connectivity index (χ4v) is 6.06. The summed E-state index contributed by atoms with van der Waals surface area (Å²) in [5.41, 5.74) is 5.35. The van der Waals surface area contributed by atoms with Crippen LogP contribution in [0.25, 0.3) is 0 Å². The van der Waals surface area contributed by atoms with Gasteiger partial charge in [0, 0.05) is 30.6 Å². The SMILES string of the molecule is C=CCCN(CCOC/C=C/OC)c1cc(C(=O)N[C@H](C=N)Cc2ccc(C)cc2)ccc1C(CC)C1CCCCC1. The minimum Gasteiger partial charge on any atom is -0.505 e. The highest BCUT2D eigenvalue weighted by Crippen LogP contribution is 2.42. The zero-order valence-corrected chi connectivity index (χ0v) is 25.9. The van der Waals surface area contributed by atoms with Gasteiger partial charge in [0.2, 0.25) is 0 Å². The third-order valence-electron chi connectivity index (χ3n) is 8.34. The molecule has 1 fully saturated rings. The summed E-state index contributed by atoms with van der Waals surface area (Å²) in [6.45, 7) is 10.9. The fraction of sp³-hybridized carbons (Fsp3) is 0.500. The van der Waals surface area contributed by atoms with Crippen LogP contribution < -0.4 is 10.2 Å². The molecule has 2 atom stereocenters. The highest BCUT2D eigenvalue weighted by Gasteiger charge is 2.28. The van der Waals surface area contributed by atoms with Gasteiger partial charge in [0.05, 0.1) is 32.6 Å². The van der Waals surface area contributed by atoms with E-state index in [1.807, 2.05) is 18.2 Å². The maximum Gasteiger partial charge on any atom is 0.251 e. The topological polar surface area (TPSA) is 74.7 Å². The lowest BCUT2D eigenvalue weighted by Gasteiger charge is -2.35. The zero-order chi connectivity index (χ0) is 30.2. The normalized spacial score (nSPS) is 15.2. The number of benzene rings is 2. The molecule has 228 valence electrons. The van der Waals surface area contributed by atoms with Crippen molar-refractivity contribution in [1.29, 1.82) is 5.41 Å². The first-order valence-corrected chi connectivity index (χ1v) is 15.6. The van der Waals surface area contributed by atoms with Gasteiger partial charge >= 0.3 is 0 Å². The monoisotopic (exact) mass is 573 g/mol. The first-order chi connectivity index (χ1) is 20.5. The molecule has 2 N–H and O–H groups in total. The van der Waals surface area contributed by atoms with E-state index in [0.29, 0.717) is 43.6 Å². The van der Waals surface area contributed by atoms with E-state index in [0.717, 1.165) is 30.6 Å². The molecule has 2 aromatic carbocycles. The molecule has 0 spiro atoms. The van der Waals surface area contributed by atoms with Gasteiger partial charge in [-0.3, -0.25) is 4.79 Å². The summed E-state index contributed by atoms with van der Waals surface area (Å²) >= 11 is 0. The minimum absolute atomic E-state index is 0.154. The maximum atomic E-state index is 13.6. The number of carbonyl (C=O) groups is 1. The number of hydrogen-bond acceptors (Lipinski definition) is 5. The molecular formula is C36H51N3O3. The van der Waals surface area contributed by atoms with Gasteiger partial charge in [-0.1, -0.05) is 68.2 Å². The Labute approximate surface area is 253 Å². The van der Waals surface area contributed by atoms with Crippen LogP contribution in [0.2, 0.25) is 0 Å². The average molecular weight is 574 g/mol. The number of aryl methyl sites for hydroxylation is 1. The van der Waals surface area contributed by atoms with E-state index in [1.165, 1.54) is 49.4 Å². The number of nitrogens with one attached hydrogen (secondary N) is 2. The van der Waals surface area contributed by atoms with Gasteiger partial charge in [-0.05, 0) is 80.2 Å². The van der Waals surface area contributed by atoms with E-state index in [-0.39, 0.29) is 11.9 Å². The molecule has 0 aromatic heterocycles. The number of hydrogen-bond donors (Lipinski definition) is 2. The molecule has 1 unspecified atom stereocenters. The van der Waals surface area contributed by atoms with E-state index in [1.54, 1.807) is 13.4 Å². The minimum atomic E-state index is -0.376. The van der Waals surface area contributed by atoms with Crippen molar-refractivity contribution < 1.29 is 14.3 Å². The van der Waals surface area contributed by atoms with Gasteiger partial charge in [-0.15, -0.1) is 6.58 Å². The molecule has 2 aromatic rings. The van der Waals surface area contributed by atoms with Crippen LogP contribution in [0.15, 0.2) is 67.5 Å². The van der Waals surface area contributed by atoms with Gasteiger partial charge in [-0.25, -0.2) is 0 Å². The summed E-state index contributed by atoms with van der Waals surface area (Å²) in [6, 6.07) is 14.1. The lowest BCUT2D eigenvalue weighted by atomic mass is 9.75. The molecular weight excluding hydrogens is 522 g/mol. The number of amides is 1. The molecule has 3 rings (SSSR count). The largest absolute Gasteiger partial charge is 0.505 e. The smallest absolute Gasteiger partial charge is 0.251 e. The summed E-state index contributed by atoms with van der Waals surface area (Å²) in [5, 5.41) is 11.1. The van der Waals surface area contributed by atoms with Crippen LogP contribution in [0.1, 0.15) is 84.8 Å². The Kier molecular flexibility index (Phi) is 14.4. The van der Waals surface area contributed by atoms with E-state index < -0.39 is 0 Å². The lowest BCUT2D eigenvalue weighted by molar-refractivity contribution is 0.0947. The second-order valence-electron chi connectivity index (χ2n) is 11.4. The Hall–Kier alpha value is -3.38. The summed E-state index contributed by atoms with van der Waals surface area (Å²) in [6.07, 6.45) is 15.7. The average Bonchev–Trinajstić information content (AvgIpc) is 3.02. The first kappa shape index (κ1) is 33.1. The molecule has 1 saturated carbocycles. The Morgan fingerprint density at radius 3 is 2.57 bits per heavy atom. The van der Waals surface area contributed by atoms with Gasteiger partial charge in [0.1, 0.15) is 0 Å². The van der Waals surface area contributed by atoms with Crippen LogP contribution in [0, 0.1) is 18.3 Å². The maximum absolute atomic E-state index is 13.6. The zero-order valence-electron chi connectivity index (χ0n) is 25.9. The standard InChI is InChI=1S/C36H51N3O3/c1-5-7-20-39(21-24-42-23-11-22-41-4)35-26-31(18-19-34(35)33(6-2)30-12-9-8-10-13-30)36(40)38-32(27-37)25-29-16-14-28(3)15-17-29/h5,11,14-19,22,26-27,30,32-33,37H,1,6-10,12-13,20-21,23-25H2,2-4H3,(H,38,40)/b22-11+,37-27?/t32-,33?/m0/s1. The van der Waals surface area contributed by atoms with Crippen molar-refractivity contribution >= 4 is 17.8 Å². The fourth-order valence-electron chi connectivity index (χ4n) is 6.06. The van der Waals surface area contributed by atoms with Crippen molar-refractivity contribution in [3.8, 4) is 0 Å². The van der Waals surface area contributed by atoms with Crippen molar-refractivity contribution in [1.82, 2.24) is 5.32 Å². The molecule has 6 nitrogen and oxygen atoms in total. The molecule has 1 aliphatic carbocycles. The second-order valence-corrected chi connectivity index (χ2v) is 11.4. The number of ether oxygens (including phenoxy) is 2. The van der Waals surface area contributed by atoms with Crippen molar-refractivity contribution in [3.63, 3.8) is 0 Å². The lowest BCUT2D eigenvalue weighted by Crippen LogP contribution is -2.37. The Morgan fingerprint density at radius 2 is 1.90 bits per heavy atom. The van der Waals surface area contributed by atoms with Crippen LogP contribution in [-0.2, 0) is 15.9 Å². The molecule has 42 heavy (non-hydrogen) atoms. The summed E-state index contributed by atoms with van der Waals surface area (Å²) in [5.74, 6) is 0.958. The summed E-state index contributed by atoms with van der Waals surface area (Å²) in [4.78, 5) is 15.9. The number of rotatable bonds is 18. The van der Waals surface area contributed by atoms with Gasteiger partial charge in [-0.2, -0.15) is 0 Å². The Bertz CT molecular complexity index is 1140. The van der Waals surface area contributed by atoms with Crippen molar-refractivity contribution in [2.75, 3.05) is 38.3 Å². The van der Waals surface area contributed by atoms with Crippen molar-refractivity contribution in [3.05, 3.63) is 89.7 Å². The number of nitrogens with zero attached hydrogens (tertiary/aromatic N) is 1. The number of anilines is 1. The molecule has 6 heteroatoms. The van der Waals surface area contributed by atoms with E-state index >= 15 is 0 Å². The third-order valence-corrected chi connectivity index (χ3v) is 8.34. The van der Waals surface area contributed by atoms with Crippen LogP contribution in [0.4, 0.5) is 5.69 Å². The van der Waals surface area contributed by atoms with Gasteiger partial charge < -0.3 is 25.1 Å². The van der Waals surface area contributed by atoms with Gasteiger partial charge in [0.15, 0.2) is 0 Å². The first-order valence-electron chi connectivity index (χ1n) is 15.6. The van der Waals surface area contributed by atoms with Crippen LogP contribution in [-0.4, -0.2) is 51.6 Å². The van der Waals surface area contributed by atoms with E-state index in [2.05, 4.69) is 67.0 Å². The molecule has 0 radical (unpaired) electrons. The molecule has 1 amide bonds. The Balaban J connectivity index is 1.89. The molecule has 0 heterocycles. The number of methoxy groups -OCH3 is 1. The molecule has 0 bridgehead atoms. The molecule has 0 saturated heterocycles. The van der Waals surface area contributed by atoms with Gasteiger partial charge in [0.25, 0.3) is 5.91 Å². The van der Waals surface area contributed by atoms with Crippen LogP contribution in [0.3, 0.4) is 0 Å². The summed E-state index contributed by atoms with van der Waals surface area (Å²) in [7, 11) is 1.63. The quantitative estimate of drug-likeness (QED) is 0.0833. The van der Waals surface area contributed by atoms with E-state index in [9.17, 15) is 4.79 Å². The third kappa shape index (κ3) is 10.2. The Morgan fingerprint density at radius 1 is 1.14 bits per heavy atom. The van der Waals surface area contributed by atoms with E-state index in [4.69, 9.17) is 14.9 Å². The van der Waals surface area contributed by atoms with Crippen LogP contribution in [0.5, 0.6) is 0 Å². The summed E-state index contributed by atoms with van der Waals surface area (Å²) < 4.78 is 10.9. The highest BCUT2D eigenvalue weighted by atomic mass is 16.5. The van der Waals surface area contributed by atoms with Crippen molar-refractivity contribution in [2.45, 2.75) is 77.2 Å². The molecule has 0 aliphatic heterocycles. The predicted octanol–water partition coefficient (Wildman–Crippen LogP) is 7.62. The number of carbonyl (C=O) groups excluding carboxylic acids is 1. The second kappa shape index (κ2) is 18.2. The van der Waals surface area contributed by atoms with Crippen LogP contribution >= 0.6 is 0 Å². The highest BCUT2D eigenvalue weighted by molar-refractivity contribution is 5.97. The molecule has 1 aliphatic rings. The van der Waals surface area contributed by atoms with Crippen molar-refractivity contribution in [2.24, 2.45) is 5.92 Å².